The number of amides is 1. The Kier molecular flexibility index (Phi) is 3.75. The SMILES string of the molecule is C#CCC(c1ccccc1)N(C)C(=O)O. The summed E-state index contributed by atoms with van der Waals surface area (Å²) in [6.45, 7) is 0. The summed E-state index contributed by atoms with van der Waals surface area (Å²) in [4.78, 5) is 12.1. The van der Waals surface area contributed by atoms with Gasteiger partial charge in [-0.1, -0.05) is 30.3 Å². The Hall–Kier alpha value is -1.95. The number of carbonyl (C=O) groups is 1. The average Bonchev–Trinajstić information content (AvgIpc) is 2.26. The van der Waals surface area contributed by atoms with E-state index in [1.54, 1.807) is 0 Å². The van der Waals surface area contributed by atoms with E-state index in [1.807, 2.05) is 30.3 Å². The largest absolute Gasteiger partial charge is 0.465 e. The van der Waals surface area contributed by atoms with Gasteiger partial charge < -0.3 is 10.0 Å². The number of hydrogen-bond donors (Lipinski definition) is 1. The molecule has 0 heterocycles. The number of benzene rings is 1. The third kappa shape index (κ3) is 2.75. The second-order valence-corrected chi connectivity index (χ2v) is 3.23. The predicted molar refractivity (Wildman–Crippen MR) is 58.4 cm³/mol. The molecular weight excluding hydrogens is 190 g/mol. The van der Waals surface area contributed by atoms with Crippen molar-refractivity contribution in [3.05, 3.63) is 35.9 Å². The Morgan fingerprint density at radius 1 is 1.53 bits per heavy atom. The van der Waals surface area contributed by atoms with Gasteiger partial charge in [-0.3, -0.25) is 0 Å². The number of terminal acetylenes is 1. The first kappa shape index (κ1) is 11.1. The summed E-state index contributed by atoms with van der Waals surface area (Å²) < 4.78 is 0. The van der Waals surface area contributed by atoms with Crippen molar-refractivity contribution in [2.75, 3.05) is 7.05 Å². The minimum atomic E-state index is -0.973. The quantitative estimate of drug-likeness (QED) is 0.766. The first-order valence-corrected chi connectivity index (χ1v) is 4.61. The van der Waals surface area contributed by atoms with Crippen molar-refractivity contribution in [3.8, 4) is 12.3 Å². The fourth-order valence-electron chi connectivity index (χ4n) is 1.40. The van der Waals surface area contributed by atoms with Gasteiger partial charge in [0.2, 0.25) is 0 Å². The molecule has 1 unspecified atom stereocenters. The Morgan fingerprint density at radius 3 is 2.60 bits per heavy atom. The summed E-state index contributed by atoms with van der Waals surface area (Å²) in [5.41, 5.74) is 0.917. The normalized spacial score (nSPS) is 11.5. The van der Waals surface area contributed by atoms with Crippen LogP contribution in [0.4, 0.5) is 4.79 Å². The Labute approximate surface area is 89.3 Å². The fourth-order valence-corrected chi connectivity index (χ4v) is 1.40. The van der Waals surface area contributed by atoms with E-state index in [-0.39, 0.29) is 6.04 Å². The van der Waals surface area contributed by atoms with Crippen molar-refractivity contribution in [1.82, 2.24) is 4.90 Å². The van der Waals surface area contributed by atoms with E-state index in [4.69, 9.17) is 11.5 Å². The number of nitrogens with zero attached hydrogens (tertiary/aromatic N) is 1. The van der Waals surface area contributed by atoms with Crippen LogP contribution in [0.3, 0.4) is 0 Å². The highest BCUT2D eigenvalue weighted by Crippen LogP contribution is 2.22. The average molecular weight is 203 g/mol. The van der Waals surface area contributed by atoms with Gasteiger partial charge in [-0.2, -0.15) is 0 Å². The summed E-state index contributed by atoms with van der Waals surface area (Å²) >= 11 is 0. The lowest BCUT2D eigenvalue weighted by molar-refractivity contribution is 0.139. The zero-order chi connectivity index (χ0) is 11.3. The van der Waals surface area contributed by atoms with E-state index in [9.17, 15) is 4.79 Å². The molecule has 1 aromatic carbocycles. The van der Waals surface area contributed by atoms with Gasteiger partial charge in [-0.25, -0.2) is 4.79 Å². The van der Waals surface area contributed by atoms with Crippen LogP contribution in [0, 0.1) is 12.3 Å². The van der Waals surface area contributed by atoms with Gasteiger partial charge in [0.05, 0.1) is 6.04 Å². The van der Waals surface area contributed by atoms with Gasteiger partial charge in [-0.15, -0.1) is 12.3 Å². The topological polar surface area (TPSA) is 40.5 Å². The molecule has 3 heteroatoms. The van der Waals surface area contributed by atoms with Crippen LogP contribution in [0.15, 0.2) is 30.3 Å². The van der Waals surface area contributed by atoms with Gasteiger partial charge in [0.15, 0.2) is 0 Å². The third-order valence-corrected chi connectivity index (χ3v) is 2.26. The lowest BCUT2D eigenvalue weighted by atomic mass is 10.0. The maximum atomic E-state index is 10.8. The van der Waals surface area contributed by atoms with Crippen molar-refractivity contribution >= 4 is 6.09 Å². The van der Waals surface area contributed by atoms with Crippen LogP contribution in [0.5, 0.6) is 0 Å². The monoisotopic (exact) mass is 203 g/mol. The molecule has 0 saturated carbocycles. The van der Waals surface area contributed by atoms with Crippen molar-refractivity contribution in [2.45, 2.75) is 12.5 Å². The molecule has 0 aliphatic carbocycles. The standard InChI is InChI=1S/C12H13NO2/c1-3-7-11(13(2)12(14)15)10-8-5-4-6-9-10/h1,4-6,8-9,11H,7H2,2H3,(H,14,15). The van der Waals surface area contributed by atoms with E-state index in [2.05, 4.69) is 5.92 Å². The molecule has 1 aromatic rings. The van der Waals surface area contributed by atoms with E-state index >= 15 is 0 Å². The van der Waals surface area contributed by atoms with Gasteiger partial charge in [-0.05, 0) is 5.56 Å². The molecule has 1 atom stereocenters. The maximum Gasteiger partial charge on any atom is 0.407 e. The highest BCUT2D eigenvalue weighted by Gasteiger charge is 2.19. The molecule has 0 fully saturated rings. The number of rotatable bonds is 3. The summed E-state index contributed by atoms with van der Waals surface area (Å²) in [5, 5.41) is 8.90. The van der Waals surface area contributed by atoms with E-state index in [0.29, 0.717) is 6.42 Å². The van der Waals surface area contributed by atoms with E-state index in [0.717, 1.165) is 5.56 Å². The summed E-state index contributed by atoms with van der Waals surface area (Å²) in [7, 11) is 1.53. The zero-order valence-electron chi connectivity index (χ0n) is 8.55. The molecule has 0 aliphatic heterocycles. The lowest BCUT2D eigenvalue weighted by Gasteiger charge is -2.24. The van der Waals surface area contributed by atoms with Gasteiger partial charge >= 0.3 is 6.09 Å². The fraction of sp³-hybridized carbons (Fsp3) is 0.250. The Balaban J connectivity index is 2.94. The summed E-state index contributed by atoms with van der Waals surface area (Å²) in [6, 6.07) is 9.11. The van der Waals surface area contributed by atoms with Crippen LogP contribution in [0.25, 0.3) is 0 Å². The zero-order valence-corrected chi connectivity index (χ0v) is 8.55. The molecule has 15 heavy (non-hydrogen) atoms. The molecule has 0 aromatic heterocycles. The highest BCUT2D eigenvalue weighted by molar-refractivity contribution is 5.65. The Bertz CT molecular complexity index is 367. The second-order valence-electron chi connectivity index (χ2n) is 3.23. The highest BCUT2D eigenvalue weighted by atomic mass is 16.4. The molecule has 0 radical (unpaired) electrons. The molecule has 0 spiro atoms. The Morgan fingerprint density at radius 2 is 2.13 bits per heavy atom. The first-order valence-electron chi connectivity index (χ1n) is 4.61. The summed E-state index contributed by atoms with van der Waals surface area (Å²) in [6.07, 6.45) is 4.64. The second kappa shape index (κ2) is 5.06. The van der Waals surface area contributed by atoms with Crippen LogP contribution in [-0.4, -0.2) is 23.1 Å². The minimum Gasteiger partial charge on any atom is -0.465 e. The van der Waals surface area contributed by atoms with Crippen molar-refractivity contribution < 1.29 is 9.90 Å². The minimum absolute atomic E-state index is 0.270. The van der Waals surface area contributed by atoms with Crippen LogP contribution >= 0.6 is 0 Å². The molecule has 3 nitrogen and oxygen atoms in total. The molecule has 1 N–H and O–H groups in total. The third-order valence-electron chi connectivity index (χ3n) is 2.26. The molecule has 78 valence electrons. The van der Waals surface area contributed by atoms with Gasteiger partial charge in [0, 0.05) is 13.5 Å². The summed E-state index contributed by atoms with van der Waals surface area (Å²) in [5.74, 6) is 2.50. The molecule has 1 amide bonds. The maximum absolute atomic E-state index is 10.8. The van der Waals surface area contributed by atoms with Crippen molar-refractivity contribution in [3.63, 3.8) is 0 Å². The molecular formula is C12H13NO2. The molecule has 0 saturated heterocycles. The molecule has 0 aliphatic rings. The van der Waals surface area contributed by atoms with Gasteiger partial charge in [0.25, 0.3) is 0 Å². The van der Waals surface area contributed by atoms with Crippen molar-refractivity contribution in [1.29, 1.82) is 0 Å². The number of carboxylic acid groups (broad SMARTS) is 1. The predicted octanol–water partition coefficient (Wildman–Crippen LogP) is 2.36. The van der Waals surface area contributed by atoms with Crippen LogP contribution in [-0.2, 0) is 0 Å². The van der Waals surface area contributed by atoms with Gasteiger partial charge in [0.1, 0.15) is 0 Å². The van der Waals surface area contributed by atoms with Crippen LogP contribution in [0.1, 0.15) is 18.0 Å². The van der Waals surface area contributed by atoms with Crippen molar-refractivity contribution in [2.24, 2.45) is 0 Å². The lowest BCUT2D eigenvalue weighted by Crippen LogP contribution is -2.29. The molecule has 0 bridgehead atoms. The van der Waals surface area contributed by atoms with Crippen LogP contribution < -0.4 is 0 Å². The van der Waals surface area contributed by atoms with E-state index in [1.165, 1.54) is 11.9 Å². The first-order chi connectivity index (χ1) is 7.16. The van der Waals surface area contributed by atoms with Crippen LogP contribution in [0.2, 0.25) is 0 Å². The molecule has 1 rings (SSSR count). The smallest absolute Gasteiger partial charge is 0.407 e. The van der Waals surface area contributed by atoms with E-state index < -0.39 is 6.09 Å². The number of hydrogen-bond acceptors (Lipinski definition) is 1.